The molecule has 27 aromatic rings. The minimum atomic E-state index is -1.44. The van der Waals surface area contributed by atoms with Gasteiger partial charge in [0.15, 0.2) is 0 Å². The molecule has 0 amide bonds. The standard InChI is InChI=1S/C36H23BrN2.C24H18BNO2.C24H16BrN.C18H11Br2N.C12H9N.C6H3Br3.C6H4BrI/c37-26-21-25(22-28(23-26)39-35-15-7-3-11-31(35)32-12-4-8-16-36(32)39)24-17-19-27(20-18-24)38-33-13-5-1-9-29(33)30-10-2-6-14-34(30)38;27-25(28)19-13-9-17(10-14-19)18-11-15-20(16-12-18)26-23-7-3-1-5-21(23)22-6-2-4-8-24(22)26;25-19-13-9-17(10-14-19)18-11-15-20(16-12-18)26-23-7-3-1-5-21(23)22-6-2-4-8-24(22)26;19-12-9-13(20)11-14(10-12)21-17-7-3-1-5-15(17)16-6-2-4-8-18(16)21;1-3-7-11-9(5-1)10-6-2-4-8-12(10)13-11;7-4-1-5(8)3-6(9)2-4;7-5-1-3-6(8)4-2-5/h1-23H;1-16,27-28H;1-16H;1-11H;1-8,13H;1-3H;1-4H. The molecule has 18 heteroatoms. The van der Waals surface area contributed by atoms with Crippen LogP contribution in [0, 0.1) is 3.57 Å². The van der Waals surface area contributed by atoms with Crippen molar-refractivity contribution < 1.29 is 10.0 Å². The van der Waals surface area contributed by atoms with Crippen molar-refractivity contribution in [2.45, 2.75) is 0 Å². The Morgan fingerprint density at radius 2 is 0.368 bits per heavy atom. The summed E-state index contributed by atoms with van der Waals surface area (Å²) in [6, 6.07) is 172. The van der Waals surface area contributed by atoms with E-state index in [1.165, 1.54) is 162 Å². The summed E-state index contributed by atoms with van der Waals surface area (Å²) in [5, 5.41) is 33.9. The van der Waals surface area contributed by atoms with Crippen LogP contribution in [-0.2, 0) is 0 Å². The summed E-state index contributed by atoms with van der Waals surface area (Å²) in [6.45, 7) is 0. The number of rotatable bonds is 9. The van der Waals surface area contributed by atoms with E-state index in [4.69, 9.17) is 0 Å². The van der Waals surface area contributed by atoms with Crippen LogP contribution in [0.4, 0.5) is 0 Å². The summed E-state index contributed by atoms with van der Waals surface area (Å²) in [5.41, 5.74) is 27.8. The minimum absolute atomic E-state index is 0.491. The second kappa shape index (κ2) is 43.9. The Morgan fingerprint density at radius 1 is 0.174 bits per heavy atom. The first-order chi connectivity index (χ1) is 70.4. The maximum Gasteiger partial charge on any atom is 0.488 e. The highest BCUT2D eigenvalue weighted by Gasteiger charge is 2.20. The molecular weight excluding hydrogens is 2410 g/mol. The van der Waals surface area contributed by atoms with Gasteiger partial charge in [0.05, 0.1) is 55.2 Å². The largest absolute Gasteiger partial charge is 0.488 e. The number of hydrogen-bond donors (Lipinski definition) is 3. The van der Waals surface area contributed by atoms with Gasteiger partial charge in [-0.3, -0.25) is 0 Å². The van der Waals surface area contributed by atoms with Crippen molar-refractivity contribution in [1.82, 2.24) is 27.8 Å². The van der Waals surface area contributed by atoms with Crippen molar-refractivity contribution in [3.05, 3.63) is 531 Å². The van der Waals surface area contributed by atoms with E-state index in [0.29, 0.717) is 5.46 Å². The predicted octanol–water partition coefficient (Wildman–Crippen LogP) is 38.3. The summed E-state index contributed by atoms with van der Waals surface area (Å²) in [4.78, 5) is 3.38. The lowest BCUT2D eigenvalue weighted by Crippen LogP contribution is -2.29. The number of para-hydroxylation sites is 12. The van der Waals surface area contributed by atoms with E-state index in [9.17, 15) is 10.0 Å². The molecule has 0 fully saturated rings. The van der Waals surface area contributed by atoms with Crippen LogP contribution < -0.4 is 5.46 Å². The van der Waals surface area contributed by atoms with Crippen molar-refractivity contribution in [2.75, 3.05) is 0 Å². The van der Waals surface area contributed by atoms with Gasteiger partial charge >= 0.3 is 7.12 Å². The SMILES string of the molecule is Brc1cc(-c2ccc(-n3c4ccccc4c4ccccc43)cc2)cc(-n2c3ccccc3c3ccccc32)c1.Brc1cc(Br)cc(-n2c3ccccc3c3ccccc32)c1.Brc1cc(Br)cc(Br)c1.Brc1ccc(-c2ccc(-n3c4ccccc4c4ccccc43)cc2)cc1.Brc1ccc(I)cc1.OB(O)c1ccc(-c2ccc(-n3c4ccccc4c4ccccc43)cc2)cc1.c1ccc2c(c1)[nH]c1ccccc12. The Labute approximate surface area is 913 Å². The number of hydrogen-bond acceptors (Lipinski definition) is 2. The van der Waals surface area contributed by atoms with Crippen molar-refractivity contribution >= 4 is 293 Å². The highest BCUT2D eigenvalue weighted by molar-refractivity contribution is 14.1. The fourth-order valence-corrected chi connectivity index (χ4v) is 24.2. The quantitative estimate of drug-likeness (QED) is 0.0994. The molecule has 0 aliphatic heterocycles. The predicted molar refractivity (Wildman–Crippen MR) is 647 cm³/mol. The van der Waals surface area contributed by atoms with Gasteiger partial charge in [0.1, 0.15) is 0 Å². The molecule has 0 aliphatic carbocycles. The van der Waals surface area contributed by atoms with E-state index < -0.39 is 7.12 Å². The van der Waals surface area contributed by atoms with Crippen LogP contribution >= 0.6 is 150 Å². The van der Waals surface area contributed by atoms with Crippen LogP contribution in [0.1, 0.15) is 0 Å². The van der Waals surface area contributed by atoms with Gasteiger partial charge in [0.2, 0.25) is 0 Å². The van der Waals surface area contributed by atoms with Crippen molar-refractivity contribution in [2.24, 2.45) is 0 Å². The lowest BCUT2D eigenvalue weighted by Gasteiger charge is -2.13. The monoisotopic (exact) mass is 2480 g/mol. The number of nitrogens with one attached hydrogen (secondary N) is 1. The molecule has 3 N–H and O–H groups in total. The average Bonchev–Trinajstić information content (AvgIpc) is 1.63. The zero-order valence-corrected chi connectivity index (χ0v) is 91.7. The second-order valence-electron chi connectivity index (χ2n) is 34.6. The first-order valence-corrected chi connectivity index (χ1v) is 54.1. The third-order valence-corrected chi connectivity index (χ3v) is 30.1. The zero-order valence-electron chi connectivity index (χ0n) is 76.9. The number of aromatic amines is 1. The highest BCUT2D eigenvalue weighted by Crippen LogP contribution is 2.42. The normalized spacial score (nSPS) is 11.2. The molecule has 8 nitrogen and oxygen atoms in total. The summed E-state index contributed by atoms with van der Waals surface area (Å²) in [5.74, 6) is 0. The average molecular weight is 2490 g/mol. The summed E-state index contributed by atoms with van der Waals surface area (Å²) in [6.07, 6.45) is 0. The van der Waals surface area contributed by atoms with Crippen molar-refractivity contribution in [3.63, 3.8) is 0 Å². The van der Waals surface area contributed by atoms with E-state index in [1.54, 1.807) is 12.1 Å². The highest BCUT2D eigenvalue weighted by atomic mass is 127. The zero-order chi connectivity index (χ0) is 98.4. The second-order valence-corrected chi connectivity index (χ2v) is 43.1. The Bertz CT molecular complexity index is 8960. The molecule has 0 aliphatic rings. The number of H-pyrrole nitrogens is 1. The van der Waals surface area contributed by atoms with E-state index >= 15 is 0 Å². The van der Waals surface area contributed by atoms with Crippen LogP contribution in [0.25, 0.3) is 193 Å². The van der Waals surface area contributed by atoms with Gasteiger partial charge in [-0.25, -0.2) is 0 Å². The number of benzene rings is 21. The first-order valence-electron chi connectivity index (χ1n) is 46.7. The molecule has 6 aromatic heterocycles. The third-order valence-electron chi connectivity index (χ3n) is 25.6. The summed E-state index contributed by atoms with van der Waals surface area (Å²) >= 11 is 30.1. The molecule has 144 heavy (non-hydrogen) atoms. The van der Waals surface area contributed by atoms with Gasteiger partial charge in [0.25, 0.3) is 0 Å². The Hall–Kier alpha value is -13.0. The molecule has 0 spiro atoms. The van der Waals surface area contributed by atoms with Crippen LogP contribution in [0.3, 0.4) is 0 Å². The van der Waals surface area contributed by atoms with Gasteiger partial charge in [-0.05, 0) is 262 Å². The molecule has 27 rings (SSSR count). The van der Waals surface area contributed by atoms with E-state index in [-0.39, 0.29) is 0 Å². The molecule has 0 radical (unpaired) electrons. The molecule has 0 unspecified atom stereocenters. The van der Waals surface area contributed by atoms with Gasteiger partial charge in [-0.2, -0.15) is 0 Å². The lowest BCUT2D eigenvalue weighted by molar-refractivity contribution is 0.426. The minimum Gasteiger partial charge on any atom is -0.423 e. The Balaban J connectivity index is 0.000000105. The molecule has 0 saturated carbocycles. The van der Waals surface area contributed by atoms with Gasteiger partial charge in [-0.1, -0.05) is 419 Å². The summed E-state index contributed by atoms with van der Waals surface area (Å²) < 4.78 is 21.6. The molecule has 6 heterocycles. The lowest BCUT2D eigenvalue weighted by atomic mass is 9.80. The van der Waals surface area contributed by atoms with E-state index in [1.807, 2.05) is 42.5 Å². The van der Waals surface area contributed by atoms with Crippen molar-refractivity contribution in [1.29, 1.82) is 0 Å². The first kappa shape index (κ1) is 97.1. The van der Waals surface area contributed by atoms with E-state index in [0.717, 1.165) is 69.7 Å². The topological polar surface area (TPSA) is 80.9 Å². The Morgan fingerprint density at radius 3 is 0.625 bits per heavy atom. The summed E-state index contributed by atoms with van der Waals surface area (Å²) in [7, 11) is -1.44. The maximum atomic E-state index is 9.25. The molecule has 0 bridgehead atoms. The molecule has 0 atom stereocenters. The van der Waals surface area contributed by atoms with Gasteiger partial charge < -0.3 is 37.9 Å². The van der Waals surface area contributed by atoms with Crippen LogP contribution in [0.2, 0.25) is 0 Å². The van der Waals surface area contributed by atoms with Gasteiger partial charge in [-0.15, -0.1) is 0 Å². The maximum absolute atomic E-state index is 9.25. The fourth-order valence-electron chi connectivity index (χ4n) is 19.2. The smallest absolute Gasteiger partial charge is 0.423 e. The molecular formula is C126H84BBr8IN6O2. The fraction of sp³-hybridized carbons (Fsp3) is 0. The third kappa shape index (κ3) is 20.8. The Kier molecular flexibility index (Phi) is 29.6. The van der Waals surface area contributed by atoms with Crippen LogP contribution in [-0.4, -0.2) is 45.0 Å². The number of fused-ring (bicyclic) bond motifs is 18. The van der Waals surface area contributed by atoms with E-state index in [2.05, 4.69) is 615 Å². The molecule has 0 saturated heterocycles. The van der Waals surface area contributed by atoms with Crippen LogP contribution in [0.15, 0.2) is 527 Å². The van der Waals surface area contributed by atoms with Gasteiger partial charge in [0, 0.05) is 143 Å². The number of aromatic nitrogens is 6. The molecule has 21 aromatic carbocycles. The van der Waals surface area contributed by atoms with Crippen molar-refractivity contribution in [3.8, 4) is 61.8 Å². The number of halogens is 9. The number of nitrogens with zero attached hydrogens (tertiary/aromatic N) is 5. The van der Waals surface area contributed by atoms with Crippen LogP contribution in [0.5, 0.6) is 0 Å². The molecule has 696 valence electrons.